The summed E-state index contributed by atoms with van der Waals surface area (Å²) in [6.07, 6.45) is 65.6. The molecule has 0 aromatic heterocycles. The minimum atomic E-state index is -4.39. The van der Waals surface area contributed by atoms with Crippen molar-refractivity contribution >= 4 is 19.8 Å². The number of rotatable bonds is 52. The molecule has 67 heavy (non-hydrogen) atoms. The quantitative estimate of drug-likeness (QED) is 0.0264. The zero-order chi connectivity index (χ0) is 48.8. The van der Waals surface area contributed by atoms with Crippen LogP contribution < -0.4 is 5.73 Å². The molecule has 9 nitrogen and oxygen atoms in total. The monoisotopic (exact) mass is 962 g/mol. The highest BCUT2D eigenvalue weighted by Gasteiger charge is 2.26. The van der Waals surface area contributed by atoms with Gasteiger partial charge in [0.15, 0.2) is 6.10 Å². The maximum Gasteiger partial charge on any atom is 0.472 e. The number of unbranched alkanes of at least 4 members (excludes halogenated alkanes) is 29. The highest BCUT2D eigenvalue weighted by atomic mass is 31.2. The molecule has 0 radical (unpaired) electrons. The molecule has 0 aliphatic carbocycles. The summed E-state index contributed by atoms with van der Waals surface area (Å²) in [6.45, 7) is 3.63. The normalized spacial score (nSPS) is 13.6. The molecule has 390 valence electrons. The zero-order valence-electron chi connectivity index (χ0n) is 43.4. The molecule has 2 unspecified atom stereocenters. The number of allylic oxidation sites excluding steroid dienone is 10. The molecule has 0 saturated heterocycles. The van der Waals surface area contributed by atoms with Gasteiger partial charge in [-0.15, -0.1) is 0 Å². The molecule has 0 spiro atoms. The van der Waals surface area contributed by atoms with Crippen molar-refractivity contribution in [2.24, 2.45) is 5.73 Å². The van der Waals surface area contributed by atoms with Gasteiger partial charge >= 0.3 is 19.8 Å². The molecule has 0 bridgehead atoms. The minimum absolute atomic E-state index is 0.0504. The second-order valence-electron chi connectivity index (χ2n) is 18.4. The first-order chi connectivity index (χ1) is 32.8. The third kappa shape index (κ3) is 52.9. The first kappa shape index (κ1) is 64.7. The molecule has 0 aromatic carbocycles. The second-order valence-corrected chi connectivity index (χ2v) is 19.9. The number of hydrogen-bond donors (Lipinski definition) is 2. The molecular formula is C57H104NO8P. The number of phosphoric ester groups is 1. The van der Waals surface area contributed by atoms with E-state index in [0.29, 0.717) is 6.42 Å². The van der Waals surface area contributed by atoms with Gasteiger partial charge in [0.2, 0.25) is 0 Å². The van der Waals surface area contributed by atoms with Crippen LogP contribution in [0.3, 0.4) is 0 Å². The molecule has 0 aliphatic rings. The third-order valence-corrected chi connectivity index (χ3v) is 12.9. The molecule has 0 saturated carbocycles. The third-order valence-electron chi connectivity index (χ3n) is 11.9. The summed E-state index contributed by atoms with van der Waals surface area (Å²) in [5.41, 5.74) is 5.37. The molecule has 10 heteroatoms. The average Bonchev–Trinajstić information content (AvgIpc) is 3.32. The predicted octanol–water partition coefficient (Wildman–Crippen LogP) is 17.2. The van der Waals surface area contributed by atoms with Gasteiger partial charge in [-0.1, -0.05) is 229 Å². The Balaban J connectivity index is 3.93. The fraction of sp³-hybridized carbons (Fsp3) is 0.789. The molecule has 0 aliphatic heterocycles. The topological polar surface area (TPSA) is 134 Å². The minimum Gasteiger partial charge on any atom is -0.462 e. The van der Waals surface area contributed by atoms with E-state index in [1.54, 1.807) is 0 Å². The van der Waals surface area contributed by atoms with Crippen LogP contribution >= 0.6 is 7.82 Å². The number of ether oxygens (including phenoxy) is 2. The number of nitrogens with two attached hydrogens (primary N) is 1. The number of carbonyl (C=O) groups is 2. The van der Waals surface area contributed by atoms with Gasteiger partial charge in [0.05, 0.1) is 13.2 Å². The van der Waals surface area contributed by atoms with Crippen molar-refractivity contribution in [1.29, 1.82) is 0 Å². The van der Waals surface area contributed by atoms with Crippen LogP contribution in [0.5, 0.6) is 0 Å². The highest BCUT2D eigenvalue weighted by Crippen LogP contribution is 2.43. The molecule has 2 atom stereocenters. The lowest BCUT2D eigenvalue weighted by molar-refractivity contribution is -0.161. The standard InChI is InChI=1S/C57H104NO8P/c1-3-5-7-9-11-13-15-17-19-21-22-23-24-25-26-27-28-29-30-31-32-34-35-37-39-41-43-45-47-49-56(59)63-53-55(54-65-67(61,62)64-52-51-58)66-57(60)50-48-46-44-42-40-38-36-33-20-18-16-14-12-10-8-6-4-2/h6,8,12,14-15,17-18,20-22,55H,3-5,7,9-11,13,16,19,23-54,58H2,1-2H3,(H,61,62)/b8-6-,14-12-,17-15-,20-18-,22-21-. The van der Waals surface area contributed by atoms with E-state index in [9.17, 15) is 19.0 Å². The van der Waals surface area contributed by atoms with Crippen LogP contribution in [0.1, 0.15) is 258 Å². The van der Waals surface area contributed by atoms with Crippen molar-refractivity contribution in [3.8, 4) is 0 Å². The fourth-order valence-electron chi connectivity index (χ4n) is 7.80. The van der Waals surface area contributed by atoms with E-state index in [4.69, 9.17) is 24.3 Å². The predicted molar refractivity (Wildman–Crippen MR) is 284 cm³/mol. The Bertz CT molecular complexity index is 1280. The fourth-order valence-corrected chi connectivity index (χ4v) is 8.56. The van der Waals surface area contributed by atoms with E-state index in [-0.39, 0.29) is 38.6 Å². The van der Waals surface area contributed by atoms with Crippen LogP contribution in [-0.4, -0.2) is 49.3 Å². The Morgan fingerprint density at radius 2 is 0.821 bits per heavy atom. The Labute approximate surface area is 412 Å². The van der Waals surface area contributed by atoms with Gasteiger partial charge in [-0.05, 0) is 77.0 Å². The van der Waals surface area contributed by atoms with E-state index in [1.807, 2.05) is 0 Å². The van der Waals surface area contributed by atoms with Crippen LogP contribution in [0.2, 0.25) is 0 Å². The lowest BCUT2D eigenvalue weighted by atomic mass is 10.0. The van der Waals surface area contributed by atoms with Crippen molar-refractivity contribution in [3.05, 3.63) is 60.8 Å². The van der Waals surface area contributed by atoms with E-state index < -0.39 is 26.5 Å². The van der Waals surface area contributed by atoms with Gasteiger partial charge in [-0.3, -0.25) is 18.6 Å². The molecule has 0 aromatic rings. The zero-order valence-corrected chi connectivity index (χ0v) is 44.3. The molecule has 3 N–H and O–H groups in total. The summed E-state index contributed by atoms with van der Waals surface area (Å²) in [5.74, 6) is -0.833. The summed E-state index contributed by atoms with van der Waals surface area (Å²) in [4.78, 5) is 35.1. The van der Waals surface area contributed by atoms with Crippen molar-refractivity contribution in [2.45, 2.75) is 264 Å². The summed E-state index contributed by atoms with van der Waals surface area (Å²) >= 11 is 0. The SMILES string of the molecule is CC/C=C\C/C=C\C/C=C\CCCCCCCCCC(=O)OC(COC(=O)CCCCCCCCCCCCCCCCCCC/C=C\C/C=C\CCCCCCC)COP(=O)(O)OCCN. The van der Waals surface area contributed by atoms with Gasteiger partial charge in [0.1, 0.15) is 6.61 Å². The van der Waals surface area contributed by atoms with Crippen molar-refractivity contribution < 1.29 is 37.6 Å². The van der Waals surface area contributed by atoms with Crippen LogP contribution in [0.15, 0.2) is 60.8 Å². The molecule has 0 amide bonds. The van der Waals surface area contributed by atoms with Crippen molar-refractivity contribution in [1.82, 2.24) is 0 Å². The number of carbonyl (C=O) groups excluding carboxylic acids is 2. The van der Waals surface area contributed by atoms with Crippen molar-refractivity contribution in [2.75, 3.05) is 26.4 Å². The Hall–Kier alpha value is -2.29. The lowest BCUT2D eigenvalue weighted by Gasteiger charge is -2.19. The second kappa shape index (κ2) is 53.1. The van der Waals surface area contributed by atoms with E-state index >= 15 is 0 Å². The maximum atomic E-state index is 12.7. The van der Waals surface area contributed by atoms with E-state index in [2.05, 4.69) is 74.6 Å². The van der Waals surface area contributed by atoms with Gasteiger partial charge in [-0.25, -0.2) is 4.57 Å². The maximum absolute atomic E-state index is 12.7. The van der Waals surface area contributed by atoms with Gasteiger partial charge in [-0.2, -0.15) is 0 Å². The molecule has 0 rings (SSSR count). The average molecular weight is 962 g/mol. The Morgan fingerprint density at radius 1 is 0.463 bits per heavy atom. The first-order valence-electron chi connectivity index (χ1n) is 27.8. The molecule has 0 heterocycles. The number of hydrogen-bond acceptors (Lipinski definition) is 8. The summed E-state index contributed by atoms with van der Waals surface area (Å²) in [6, 6.07) is 0. The van der Waals surface area contributed by atoms with Crippen LogP contribution in [0.25, 0.3) is 0 Å². The van der Waals surface area contributed by atoms with Gasteiger partial charge in [0, 0.05) is 19.4 Å². The summed E-state index contributed by atoms with van der Waals surface area (Å²) in [7, 11) is -4.39. The van der Waals surface area contributed by atoms with Gasteiger partial charge < -0.3 is 20.1 Å². The van der Waals surface area contributed by atoms with E-state index in [0.717, 1.165) is 70.6 Å². The number of phosphoric acid groups is 1. The smallest absolute Gasteiger partial charge is 0.462 e. The largest absolute Gasteiger partial charge is 0.472 e. The first-order valence-corrected chi connectivity index (χ1v) is 29.3. The van der Waals surface area contributed by atoms with Gasteiger partial charge in [0.25, 0.3) is 0 Å². The lowest BCUT2D eigenvalue weighted by Crippen LogP contribution is -2.29. The summed E-state index contributed by atoms with van der Waals surface area (Å²) in [5, 5.41) is 0. The molecule has 0 fully saturated rings. The highest BCUT2D eigenvalue weighted by molar-refractivity contribution is 7.47. The number of esters is 2. The van der Waals surface area contributed by atoms with Crippen molar-refractivity contribution in [3.63, 3.8) is 0 Å². The van der Waals surface area contributed by atoms with Crippen LogP contribution in [0, 0.1) is 0 Å². The summed E-state index contributed by atoms with van der Waals surface area (Å²) < 4.78 is 33.0. The molecular weight excluding hydrogens is 858 g/mol. The van der Waals surface area contributed by atoms with E-state index in [1.165, 1.54) is 154 Å². The Morgan fingerprint density at radius 3 is 1.22 bits per heavy atom. The van der Waals surface area contributed by atoms with Crippen LogP contribution in [-0.2, 0) is 32.7 Å². The Kier molecular flexibility index (Phi) is 51.3. The van der Waals surface area contributed by atoms with Crippen LogP contribution in [0.4, 0.5) is 0 Å².